The molecule has 0 spiro atoms. The van der Waals surface area contributed by atoms with Gasteiger partial charge in [0.15, 0.2) is 0 Å². The first-order valence-corrected chi connectivity index (χ1v) is 6.44. The second kappa shape index (κ2) is 4.98. The molecule has 18 heavy (non-hydrogen) atoms. The number of esters is 1. The third-order valence-corrected chi connectivity index (χ3v) is 3.52. The number of fused-ring (bicyclic) bond motifs is 1. The highest BCUT2D eigenvalue weighted by atomic mass is 16.5. The number of carbonyl (C=O) groups is 1. The van der Waals surface area contributed by atoms with Crippen molar-refractivity contribution in [1.29, 1.82) is 0 Å². The summed E-state index contributed by atoms with van der Waals surface area (Å²) in [5.41, 5.74) is 2.99. The van der Waals surface area contributed by atoms with Crippen molar-refractivity contribution in [2.75, 3.05) is 31.7 Å². The summed E-state index contributed by atoms with van der Waals surface area (Å²) >= 11 is 0. The third kappa shape index (κ3) is 2.34. The molecule has 0 aliphatic carbocycles. The average Bonchev–Trinajstić information content (AvgIpc) is 3.05. The van der Waals surface area contributed by atoms with Crippen LogP contribution in [0.25, 0.3) is 0 Å². The molecule has 0 saturated carbocycles. The van der Waals surface area contributed by atoms with Gasteiger partial charge in [-0.15, -0.1) is 0 Å². The van der Waals surface area contributed by atoms with Crippen LogP contribution in [-0.4, -0.2) is 32.3 Å². The number of ether oxygens (including phenoxy) is 2. The van der Waals surface area contributed by atoms with Crippen molar-refractivity contribution >= 4 is 11.7 Å². The topological polar surface area (TPSA) is 47.6 Å². The van der Waals surface area contributed by atoms with Gasteiger partial charge in [0, 0.05) is 24.8 Å². The number of rotatable bonds is 3. The lowest BCUT2D eigenvalue weighted by Gasteiger charge is -2.09. The Morgan fingerprint density at radius 3 is 3.28 bits per heavy atom. The van der Waals surface area contributed by atoms with E-state index in [1.165, 1.54) is 5.56 Å². The van der Waals surface area contributed by atoms with Gasteiger partial charge in [-0.05, 0) is 36.6 Å². The second-order valence-electron chi connectivity index (χ2n) is 4.88. The molecule has 1 atom stereocenters. The number of nitrogens with one attached hydrogen (secondary N) is 1. The van der Waals surface area contributed by atoms with Gasteiger partial charge in [0.2, 0.25) is 0 Å². The van der Waals surface area contributed by atoms with Gasteiger partial charge in [0.05, 0.1) is 18.8 Å². The zero-order valence-electron chi connectivity index (χ0n) is 10.3. The molecule has 1 fully saturated rings. The third-order valence-electron chi connectivity index (χ3n) is 3.52. The van der Waals surface area contributed by atoms with Crippen LogP contribution in [0.1, 0.15) is 22.3 Å². The number of hydrogen-bond acceptors (Lipinski definition) is 4. The molecule has 1 unspecified atom stereocenters. The SMILES string of the molecule is O=C(OCC1CCOC1)c1ccc2c(c1)CCN2. The first kappa shape index (κ1) is 11.5. The van der Waals surface area contributed by atoms with Gasteiger partial charge in [-0.3, -0.25) is 0 Å². The minimum atomic E-state index is -0.225. The molecular formula is C14H17NO3. The van der Waals surface area contributed by atoms with E-state index < -0.39 is 0 Å². The molecule has 3 rings (SSSR count). The highest BCUT2D eigenvalue weighted by molar-refractivity contribution is 5.90. The summed E-state index contributed by atoms with van der Waals surface area (Å²) in [6.45, 7) is 2.91. The van der Waals surface area contributed by atoms with Crippen LogP contribution in [0.2, 0.25) is 0 Å². The van der Waals surface area contributed by atoms with Crippen LogP contribution >= 0.6 is 0 Å². The summed E-state index contributed by atoms with van der Waals surface area (Å²) in [6, 6.07) is 5.71. The smallest absolute Gasteiger partial charge is 0.338 e. The number of hydrogen-bond donors (Lipinski definition) is 1. The summed E-state index contributed by atoms with van der Waals surface area (Å²) in [5.74, 6) is 0.140. The number of anilines is 1. The van der Waals surface area contributed by atoms with Gasteiger partial charge >= 0.3 is 5.97 Å². The van der Waals surface area contributed by atoms with E-state index in [4.69, 9.17) is 9.47 Å². The van der Waals surface area contributed by atoms with Crippen molar-refractivity contribution in [1.82, 2.24) is 0 Å². The monoisotopic (exact) mass is 247 g/mol. The van der Waals surface area contributed by atoms with E-state index in [2.05, 4.69) is 5.32 Å². The van der Waals surface area contributed by atoms with E-state index in [-0.39, 0.29) is 5.97 Å². The Bertz CT molecular complexity index is 452. The number of benzene rings is 1. The summed E-state index contributed by atoms with van der Waals surface area (Å²) in [4.78, 5) is 11.9. The Morgan fingerprint density at radius 1 is 1.50 bits per heavy atom. The second-order valence-corrected chi connectivity index (χ2v) is 4.88. The molecule has 2 aliphatic rings. The van der Waals surface area contributed by atoms with E-state index >= 15 is 0 Å². The fraction of sp³-hybridized carbons (Fsp3) is 0.500. The predicted molar refractivity (Wildman–Crippen MR) is 67.8 cm³/mol. The Balaban J connectivity index is 1.61. The van der Waals surface area contributed by atoms with Gasteiger partial charge in [0.25, 0.3) is 0 Å². The molecule has 1 aromatic rings. The minimum absolute atomic E-state index is 0.225. The highest BCUT2D eigenvalue weighted by Crippen LogP contribution is 2.23. The fourth-order valence-corrected chi connectivity index (χ4v) is 2.42. The van der Waals surface area contributed by atoms with Crippen LogP contribution in [0, 0.1) is 5.92 Å². The molecule has 0 amide bonds. The molecule has 0 bridgehead atoms. The molecule has 4 heteroatoms. The van der Waals surface area contributed by atoms with E-state index in [1.807, 2.05) is 18.2 Å². The maximum atomic E-state index is 11.9. The van der Waals surface area contributed by atoms with Crippen molar-refractivity contribution < 1.29 is 14.3 Å². The zero-order valence-corrected chi connectivity index (χ0v) is 10.3. The largest absolute Gasteiger partial charge is 0.462 e. The summed E-state index contributed by atoms with van der Waals surface area (Å²) in [5, 5.41) is 3.27. The Labute approximate surface area is 106 Å². The lowest BCUT2D eigenvalue weighted by molar-refractivity contribution is 0.0428. The minimum Gasteiger partial charge on any atom is -0.462 e. The first-order valence-electron chi connectivity index (χ1n) is 6.44. The first-order chi connectivity index (χ1) is 8.83. The summed E-state index contributed by atoms with van der Waals surface area (Å²) < 4.78 is 10.6. The Morgan fingerprint density at radius 2 is 2.44 bits per heavy atom. The van der Waals surface area contributed by atoms with Gasteiger partial charge in [-0.1, -0.05) is 0 Å². The Kier molecular flexibility index (Phi) is 3.19. The number of carbonyl (C=O) groups excluding carboxylic acids is 1. The maximum Gasteiger partial charge on any atom is 0.338 e. The molecule has 4 nitrogen and oxygen atoms in total. The molecule has 96 valence electrons. The molecule has 1 aromatic carbocycles. The molecule has 0 radical (unpaired) electrons. The van der Waals surface area contributed by atoms with Crippen molar-refractivity contribution in [3.05, 3.63) is 29.3 Å². The van der Waals surface area contributed by atoms with E-state index in [9.17, 15) is 4.79 Å². The maximum absolute atomic E-state index is 11.9. The van der Waals surface area contributed by atoms with Gasteiger partial charge in [-0.2, -0.15) is 0 Å². The van der Waals surface area contributed by atoms with Crippen molar-refractivity contribution in [3.8, 4) is 0 Å². The highest BCUT2D eigenvalue weighted by Gasteiger charge is 2.19. The van der Waals surface area contributed by atoms with Crippen LogP contribution in [0.5, 0.6) is 0 Å². The summed E-state index contributed by atoms with van der Waals surface area (Å²) in [6.07, 6.45) is 1.97. The quantitative estimate of drug-likeness (QED) is 0.828. The average molecular weight is 247 g/mol. The van der Waals surface area contributed by atoms with Crippen LogP contribution in [0.4, 0.5) is 5.69 Å². The van der Waals surface area contributed by atoms with Crippen molar-refractivity contribution in [3.63, 3.8) is 0 Å². The molecular weight excluding hydrogens is 230 g/mol. The molecule has 1 N–H and O–H groups in total. The normalized spacial score (nSPS) is 21.4. The standard InChI is InChI=1S/C14H17NO3/c16-14(18-9-10-4-6-17-8-10)12-1-2-13-11(7-12)3-5-15-13/h1-2,7,10,15H,3-6,8-9H2. The fourth-order valence-electron chi connectivity index (χ4n) is 2.42. The van der Waals surface area contributed by atoms with Gasteiger partial charge in [0.1, 0.15) is 0 Å². The molecule has 1 saturated heterocycles. The van der Waals surface area contributed by atoms with E-state index in [0.717, 1.165) is 31.7 Å². The van der Waals surface area contributed by atoms with Crippen LogP contribution in [0.15, 0.2) is 18.2 Å². The molecule has 0 aromatic heterocycles. The van der Waals surface area contributed by atoms with E-state index in [1.54, 1.807) is 0 Å². The molecule has 2 heterocycles. The van der Waals surface area contributed by atoms with Gasteiger partial charge in [-0.25, -0.2) is 4.79 Å². The lowest BCUT2D eigenvalue weighted by Crippen LogP contribution is -2.14. The van der Waals surface area contributed by atoms with Crippen molar-refractivity contribution in [2.45, 2.75) is 12.8 Å². The van der Waals surface area contributed by atoms with Crippen LogP contribution < -0.4 is 5.32 Å². The zero-order chi connectivity index (χ0) is 12.4. The van der Waals surface area contributed by atoms with Crippen molar-refractivity contribution in [2.24, 2.45) is 5.92 Å². The summed E-state index contributed by atoms with van der Waals surface area (Å²) in [7, 11) is 0. The molecule has 2 aliphatic heterocycles. The van der Waals surface area contributed by atoms with Crippen LogP contribution in [-0.2, 0) is 15.9 Å². The van der Waals surface area contributed by atoms with Gasteiger partial charge < -0.3 is 14.8 Å². The Hall–Kier alpha value is -1.55. The van der Waals surface area contributed by atoms with Crippen LogP contribution in [0.3, 0.4) is 0 Å². The van der Waals surface area contributed by atoms with E-state index in [0.29, 0.717) is 24.7 Å². The predicted octanol–water partition coefficient (Wildman–Crippen LogP) is 1.85. The lowest BCUT2D eigenvalue weighted by atomic mass is 10.1.